The number of hydrogen-bond donors (Lipinski definition) is 0. The van der Waals surface area contributed by atoms with Gasteiger partial charge in [0.25, 0.3) is 0 Å². The maximum Gasteiger partial charge on any atom is 0.152 e. The zero-order valence-corrected chi connectivity index (χ0v) is 9.23. The lowest BCUT2D eigenvalue weighted by atomic mass is 10.1. The van der Waals surface area contributed by atoms with E-state index in [9.17, 15) is 4.79 Å². The maximum atomic E-state index is 10.7. The normalized spacial score (nSPS) is 14.1. The molecule has 1 aromatic rings. The highest BCUT2D eigenvalue weighted by molar-refractivity contribution is 5.96. The van der Waals surface area contributed by atoms with Gasteiger partial charge in [-0.05, 0) is 30.7 Å². The smallest absolute Gasteiger partial charge is 0.152 e. The van der Waals surface area contributed by atoms with Crippen LogP contribution in [0.15, 0.2) is 28.9 Å². The molecule has 82 valence electrons. The summed E-state index contributed by atoms with van der Waals surface area (Å²) in [6.07, 6.45) is 1.54. The van der Waals surface area contributed by atoms with Gasteiger partial charge in [-0.1, -0.05) is 0 Å². The van der Waals surface area contributed by atoms with Crippen LogP contribution in [-0.4, -0.2) is 25.9 Å². The molecule has 0 saturated carbocycles. The Morgan fingerprint density at radius 2 is 2.31 bits per heavy atom. The van der Waals surface area contributed by atoms with Crippen molar-refractivity contribution in [2.24, 2.45) is 4.99 Å². The van der Waals surface area contributed by atoms with Crippen LogP contribution in [0.2, 0.25) is 0 Å². The molecule has 0 unspecified atom stereocenters. The zero-order valence-electron chi connectivity index (χ0n) is 9.23. The van der Waals surface area contributed by atoms with Crippen molar-refractivity contribution in [2.45, 2.75) is 6.92 Å². The zero-order chi connectivity index (χ0) is 11.5. The topological polar surface area (TPSA) is 41.9 Å². The first-order chi connectivity index (χ1) is 7.76. The van der Waals surface area contributed by atoms with E-state index in [0.29, 0.717) is 12.4 Å². The van der Waals surface area contributed by atoms with Crippen LogP contribution in [0, 0.1) is 6.92 Å². The first-order valence-corrected chi connectivity index (χ1v) is 4.93. The van der Waals surface area contributed by atoms with E-state index in [1.807, 2.05) is 36.0 Å². The number of rotatable bonds is 2. The minimum absolute atomic E-state index is 0.466. The second-order valence-electron chi connectivity index (χ2n) is 3.52. The third kappa shape index (κ3) is 1.71. The molecular weight excluding hydrogens is 204 g/mol. The van der Waals surface area contributed by atoms with E-state index in [2.05, 4.69) is 4.99 Å². The van der Waals surface area contributed by atoms with Crippen LogP contribution in [0.25, 0.3) is 0 Å². The number of methoxy groups -OCH3 is 1. The SMILES string of the molecule is COc1ccc(N2CN=CC2=C=O)c(C)c1. The first kappa shape index (κ1) is 10.5. The third-order valence-electron chi connectivity index (χ3n) is 2.53. The number of ether oxygens (including phenoxy) is 1. The van der Waals surface area contributed by atoms with Gasteiger partial charge < -0.3 is 9.64 Å². The highest BCUT2D eigenvalue weighted by Crippen LogP contribution is 2.27. The lowest BCUT2D eigenvalue weighted by molar-refractivity contribution is 0.414. The largest absolute Gasteiger partial charge is 0.497 e. The number of allylic oxidation sites excluding steroid dienone is 1. The molecule has 0 spiro atoms. The minimum Gasteiger partial charge on any atom is -0.497 e. The third-order valence-corrected chi connectivity index (χ3v) is 2.53. The van der Waals surface area contributed by atoms with E-state index in [1.165, 1.54) is 6.21 Å². The molecule has 0 aromatic heterocycles. The summed E-state index contributed by atoms with van der Waals surface area (Å²) >= 11 is 0. The van der Waals surface area contributed by atoms with Crippen LogP contribution in [0.3, 0.4) is 0 Å². The van der Waals surface area contributed by atoms with Crippen molar-refractivity contribution < 1.29 is 9.53 Å². The van der Waals surface area contributed by atoms with Gasteiger partial charge in [-0.3, -0.25) is 4.99 Å². The van der Waals surface area contributed by atoms with Gasteiger partial charge in [0.05, 0.1) is 13.3 Å². The molecule has 1 aromatic carbocycles. The molecule has 0 atom stereocenters. The van der Waals surface area contributed by atoms with Crippen LogP contribution < -0.4 is 9.64 Å². The molecule has 2 rings (SSSR count). The highest BCUT2D eigenvalue weighted by atomic mass is 16.5. The standard InChI is InChI=1S/C12H12N2O2/c1-9-5-11(16-2)3-4-12(9)14-8-13-6-10(14)7-15/h3-6H,8H2,1-2H3. The van der Waals surface area contributed by atoms with E-state index >= 15 is 0 Å². The number of anilines is 1. The van der Waals surface area contributed by atoms with Crippen LogP contribution in [-0.2, 0) is 4.79 Å². The molecule has 0 N–H and O–H groups in total. The molecule has 0 aliphatic carbocycles. The molecule has 16 heavy (non-hydrogen) atoms. The van der Waals surface area contributed by atoms with Gasteiger partial charge in [0.1, 0.15) is 18.1 Å². The summed E-state index contributed by atoms with van der Waals surface area (Å²) in [6, 6.07) is 5.71. The summed E-state index contributed by atoms with van der Waals surface area (Å²) in [5.41, 5.74) is 2.46. The second-order valence-corrected chi connectivity index (χ2v) is 3.52. The van der Waals surface area contributed by atoms with Gasteiger partial charge in [0, 0.05) is 5.69 Å². The maximum absolute atomic E-state index is 10.7. The van der Waals surface area contributed by atoms with E-state index in [1.54, 1.807) is 7.11 Å². The van der Waals surface area contributed by atoms with Gasteiger partial charge in [0.2, 0.25) is 0 Å². The average Bonchev–Trinajstić information content (AvgIpc) is 2.76. The fraction of sp³-hybridized carbons (Fsp3) is 0.250. The summed E-state index contributed by atoms with van der Waals surface area (Å²) in [5.74, 6) is 2.68. The predicted molar refractivity (Wildman–Crippen MR) is 62.8 cm³/mol. The molecule has 0 bridgehead atoms. The molecular formula is C12H12N2O2. The van der Waals surface area contributed by atoms with Gasteiger partial charge in [-0.15, -0.1) is 0 Å². The summed E-state index contributed by atoms with van der Waals surface area (Å²) in [6.45, 7) is 2.44. The Bertz CT molecular complexity index is 488. The van der Waals surface area contributed by atoms with Crippen molar-refractivity contribution in [3.63, 3.8) is 0 Å². The van der Waals surface area contributed by atoms with Crippen molar-refractivity contribution in [3.8, 4) is 5.75 Å². The Morgan fingerprint density at radius 1 is 1.50 bits per heavy atom. The average molecular weight is 216 g/mol. The van der Waals surface area contributed by atoms with E-state index < -0.39 is 0 Å². The Morgan fingerprint density at radius 3 is 2.94 bits per heavy atom. The van der Waals surface area contributed by atoms with Gasteiger partial charge in [-0.25, -0.2) is 4.79 Å². The monoisotopic (exact) mass is 216 g/mol. The molecule has 4 heteroatoms. The molecule has 1 aliphatic heterocycles. The number of benzene rings is 1. The molecule has 0 amide bonds. The van der Waals surface area contributed by atoms with E-state index in [-0.39, 0.29) is 0 Å². The number of aliphatic imine (C=N–C) groups is 1. The summed E-state index contributed by atoms with van der Waals surface area (Å²) < 4.78 is 5.13. The van der Waals surface area contributed by atoms with Crippen LogP contribution in [0.1, 0.15) is 5.56 Å². The van der Waals surface area contributed by atoms with Crippen LogP contribution in [0.5, 0.6) is 5.75 Å². The van der Waals surface area contributed by atoms with E-state index in [0.717, 1.165) is 17.0 Å². The molecule has 0 fully saturated rings. The van der Waals surface area contributed by atoms with Gasteiger partial charge in [-0.2, -0.15) is 0 Å². The quantitative estimate of drug-likeness (QED) is 0.705. The number of carbonyl (C=O) groups excluding carboxylic acids is 1. The Kier molecular flexibility index (Phi) is 2.75. The Hall–Kier alpha value is -2.06. The van der Waals surface area contributed by atoms with Crippen molar-refractivity contribution >= 4 is 17.8 Å². The Labute approximate surface area is 93.9 Å². The number of hydrogen-bond acceptors (Lipinski definition) is 4. The Balaban J connectivity index is 2.38. The molecule has 1 heterocycles. The number of aryl methyl sites for hydroxylation is 1. The minimum atomic E-state index is 0.466. The highest BCUT2D eigenvalue weighted by Gasteiger charge is 2.17. The first-order valence-electron chi connectivity index (χ1n) is 4.93. The van der Waals surface area contributed by atoms with E-state index in [4.69, 9.17) is 4.74 Å². The fourth-order valence-corrected chi connectivity index (χ4v) is 1.70. The van der Waals surface area contributed by atoms with Gasteiger partial charge >= 0.3 is 0 Å². The van der Waals surface area contributed by atoms with Crippen molar-refractivity contribution in [1.29, 1.82) is 0 Å². The molecule has 0 radical (unpaired) electrons. The predicted octanol–water partition coefficient (Wildman–Crippen LogP) is 1.57. The van der Waals surface area contributed by atoms with Crippen LogP contribution in [0.4, 0.5) is 5.69 Å². The van der Waals surface area contributed by atoms with Crippen molar-refractivity contribution in [2.75, 3.05) is 18.7 Å². The van der Waals surface area contributed by atoms with Crippen LogP contribution >= 0.6 is 0 Å². The van der Waals surface area contributed by atoms with Crippen molar-refractivity contribution in [3.05, 3.63) is 29.5 Å². The van der Waals surface area contributed by atoms with Crippen molar-refractivity contribution in [1.82, 2.24) is 0 Å². The fourth-order valence-electron chi connectivity index (χ4n) is 1.70. The molecule has 4 nitrogen and oxygen atoms in total. The molecule has 0 saturated heterocycles. The lowest BCUT2D eigenvalue weighted by Gasteiger charge is -2.19. The van der Waals surface area contributed by atoms with Gasteiger partial charge in [0.15, 0.2) is 5.94 Å². The molecule has 1 aliphatic rings. The summed E-state index contributed by atoms with van der Waals surface area (Å²) in [5, 5.41) is 0. The number of nitrogens with zero attached hydrogens (tertiary/aromatic N) is 2. The lowest BCUT2D eigenvalue weighted by Crippen LogP contribution is -2.19. The summed E-state index contributed by atoms with van der Waals surface area (Å²) in [4.78, 5) is 16.6. The second kappa shape index (κ2) is 4.21. The summed E-state index contributed by atoms with van der Waals surface area (Å²) in [7, 11) is 1.63.